The van der Waals surface area contributed by atoms with E-state index in [4.69, 9.17) is 14.2 Å². The van der Waals surface area contributed by atoms with Crippen LogP contribution in [0.4, 0.5) is 0 Å². The van der Waals surface area contributed by atoms with E-state index in [1.807, 2.05) is 0 Å². The highest BCUT2D eigenvalue weighted by molar-refractivity contribution is 5.12. The Bertz CT molecular complexity index is 499. The van der Waals surface area contributed by atoms with E-state index >= 15 is 0 Å². The predicted molar refractivity (Wildman–Crippen MR) is 119 cm³/mol. The molecule has 4 aliphatic carbocycles. The summed E-state index contributed by atoms with van der Waals surface area (Å²) in [6, 6.07) is 0. The molecular formula is C25H47NO3. The van der Waals surface area contributed by atoms with Crippen molar-refractivity contribution in [3.05, 3.63) is 0 Å². The van der Waals surface area contributed by atoms with Crippen molar-refractivity contribution in [2.24, 2.45) is 28.6 Å². The van der Waals surface area contributed by atoms with Gasteiger partial charge in [-0.05, 0) is 74.2 Å². The molecule has 170 valence electrons. The average molecular weight is 410 g/mol. The van der Waals surface area contributed by atoms with Crippen molar-refractivity contribution in [2.45, 2.75) is 78.7 Å². The van der Waals surface area contributed by atoms with Crippen LogP contribution in [0.1, 0.15) is 73.1 Å². The maximum Gasteiger partial charge on any atom is 0.0708 e. The van der Waals surface area contributed by atoms with Gasteiger partial charge in [0.15, 0.2) is 0 Å². The Morgan fingerprint density at radius 3 is 2.07 bits per heavy atom. The molecule has 0 aromatic carbocycles. The van der Waals surface area contributed by atoms with Crippen LogP contribution in [0.5, 0.6) is 0 Å². The first-order valence-electron chi connectivity index (χ1n) is 12.1. The van der Waals surface area contributed by atoms with Crippen molar-refractivity contribution in [3.8, 4) is 0 Å². The monoisotopic (exact) mass is 409 g/mol. The van der Waals surface area contributed by atoms with Crippen LogP contribution in [0, 0.1) is 28.6 Å². The summed E-state index contributed by atoms with van der Waals surface area (Å²) >= 11 is 0. The molecule has 4 bridgehead atoms. The fourth-order valence-electron chi connectivity index (χ4n) is 6.80. The van der Waals surface area contributed by atoms with E-state index in [0.29, 0.717) is 36.6 Å². The number of rotatable bonds is 12. The van der Waals surface area contributed by atoms with Crippen LogP contribution in [-0.4, -0.2) is 63.7 Å². The molecule has 0 radical (unpaired) electrons. The first kappa shape index (κ1) is 23.5. The highest BCUT2D eigenvalue weighted by Crippen LogP contribution is 2.67. The largest absolute Gasteiger partial charge is 0.378 e. The van der Waals surface area contributed by atoms with Crippen LogP contribution in [0.3, 0.4) is 0 Å². The van der Waals surface area contributed by atoms with Gasteiger partial charge in [0.05, 0.1) is 38.6 Å². The zero-order chi connectivity index (χ0) is 21.1. The molecular weight excluding hydrogens is 362 g/mol. The van der Waals surface area contributed by atoms with Crippen LogP contribution in [0.15, 0.2) is 0 Å². The van der Waals surface area contributed by atoms with Gasteiger partial charge in [-0.15, -0.1) is 0 Å². The van der Waals surface area contributed by atoms with Crippen LogP contribution >= 0.6 is 0 Å². The molecule has 0 aromatic rings. The third-order valence-electron chi connectivity index (χ3n) is 7.90. The lowest BCUT2D eigenvalue weighted by Crippen LogP contribution is -2.60. The van der Waals surface area contributed by atoms with Gasteiger partial charge in [-0.2, -0.15) is 0 Å². The molecule has 2 unspecified atom stereocenters. The Kier molecular flexibility index (Phi) is 7.73. The zero-order valence-corrected chi connectivity index (χ0v) is 20.1. The molecule has 4 saturated carbocycles. The minimum atomic E-state index is 0.137. The molecule has 0 amide bonds. The fraction of sp³-hybridized carbons (Fsp3) is 1.00. The summed E-state index contributed by atoms with van der Waals surface area (Å²) in [4.78, 5) is 2.33. The molecule has 0 spiro atoms. The molecule has 29 heavy (non-hydrogen) atoms. The molecule has 2 atom stereocenters. The summed E-state index contributed by atoms with van der Waals surface area (Å²) in [5.74, 6) is 2.48. The lowest BCUT2D eigenvalue weighted by atomic mass is 9.42. The molecule has 0 aromatic heterocycles. The summed E-state index contributed by atoms with van der Waals surface area (Å²) in [6.07, 6.45) is 8.14. The van der Waals surface area contributed by atoms with Gasteiger partial charge in [0, 0.05) is 13.1 Å². The Morgan fingerprint density at radius 2 is 1.48 bits per heavy atom. The van der Waals surface area contributed by atoms with E-state index in [1.165, 1.54) is 38.5 Å². The topological polar surface area (TPSA) is 30.9 Å². The predicted octanol–water partition coefficient (Wildman–Crippen LogP) is 5.01. The van der Waals surface area contributed by atoms with Crippen molar-refractivity contribution in [1.29, 1.82) is 0 Å². The minimum absolute atomic E-state index is 0.137. The van der Waals surface area contributed by atoms with E-state index in [1.54, 1.807) is 0 Å². The van der Waals surface area contributed by atoms with Crippen molar-refractivity contribution in [3.63, 3.8) is 0 Å². The maximum atomic E-state index is 6.59. The van der Waals surface area contributed by atoms with Gasteiger partial charge in [-0.1, -0.05) is 34.6 Å². The van der Waals surface area contributed by atoms with Crippen molar-refractivity contribution >= 4 is 0 Å². The summed E-state index contributed by atoms with van der Waals surface area (Å²) in [6.45, 7) is 17.5. The van der Waals surface area contributed by atoms with E-state index < -0.39 is 0 Å². The number of hydrogen-bond donors (Lipinski definition) is 0. The molecule has 4 nitrogen and oxygen atoms in total. The van der Waals surface area contributed by atoms with Crippen molar-refractivity contribution in [2.75, 3.05) is 53.2 Å². The smallest absolute Gasteiger partial charge is 0.0708 e. The summed E-state index contributed by atoms with van der Waals surface area (Å²) in [5.41, 5.74) is 1.02. The quantitative estimate of drug-likeness (QED) is 0.424. The molecule has 4 rings (SSSR count). The van der Waals surface area contributed by atoms with Gasteiger partial charge >= 0.3 is 0 Å². The number of likely N-dealkylation sites (N-methyl/N-ethyl adjacent to an activating group) is 1. The number of nitrogens with zero attached hydrogens (tertiary/aromatic N) is 1. The first-order chi connectivity index (χ1) is 13.6. The first-order valence-corrected chi connectivity index (χ1v) is 12.1. The molecule has 4 aliphatic rings. The van der Waals surface area contributed by atoms with E-state index in [0.717, 1.165) is 38.1 Å². The van der Waals surface area contributed by atoms with Gasteiger partial charge in [0.1, 0.15) is 0 Å². The summed E-state index contributed by atoms with van der Waals surface area (Å²) in [5, 5.41) is 0. The Hall–Kier alpha value is -0.160. The summed E-state index contributed by atoms with van der Waals surface area (Å²) < 4.78 is 18.1. The highest BCUT2D eigenvalue weighted by Gasteiger charge is 2.61. The van der Waals surface area contributed by atoms with Gasteiger partial charge in [-0.3, -0.25) is 0 Å². The third-order valence-corrected chi connectivity index (χ3v) is 7.90. The number of hydrogen-bond acceptors (Lipinski definition) is 4. The number of ether oxygens (including phenoxy) is 3. The molecule has 0 saturated heterocycles. The van der Waals surface area contributed by atoms with E-state index in [9.17, 15) is 0 Å². The van der Waals surface area contributed by atoms with Crippen LogP contribution in [-0.2, 0) is 14.2 Å². The Balaban J connectivity index is 1.30. The Morgan fingerprint density at radius 1 is 0.897 bits per heavy atom. The third kappa shape index (κ3) is 5.96. The SMILES string of the molecule is CC(C)CN(C)CCOCCOCCOC12CC3CC(C1)CC(C(C)(C)C)(C3)C2. The van der Waals surface area contributed by atoms with Gasteiger partial charge in [0.25, 0.3) is 0 Å². The maximum absolute atomic E-state index is 6.59. The van der Waals surface area contributed by atoms with Gasteiger partial charge in [-0.25, -0.2) is 0 Å². The lowest BCUT2D eigenvalue weighted by molar-refractivity contribution is -0.221. The van der Waals surface area contributed by atoms with Gasteiger partial charge < -0.3 is 19.1 Å². The second-order valence-electron chi connectivity index (χ2n) is 11.9. The minimum Gasteiger partial charge on any atom is -0.378 e. The lowest BCUT2D eigenvalue weighted by Gasteiger charge is -2.65. The standard InChI is InChI=1S/C25H47NO3/c1-20(2)18-26(6)7-8-27-9-10-28-11-12-29-25-16-21-13-22(17-25)15-24(14-21,19-25)23(3,4)5/h20-22H,7-19H2,1-6H3. The summed E-state index contributed by atoms with van der Waals surface area (Å²) in [7, 11) is 2.16. The van der Waals surface area contributed by atoms with E-state index in [2.05, 4.69) is 46.6 Å². The van der Waals surface area contributed by atoms with Crippen molar-refractivity contribution < 1.29 is 14.2 Å². The molecule has 4 fully saturated rings. The Labute approximate surface area is 180 Å². The highest BCUT2D eigenvalue weighted by atomic mass is 16.5. The second-order valence-corrected chi connectivity index (χ2v) is 11.9. The normalized spacial score (nSPS) is 33.9. The van der Waals surface area contributed by atoms with Crippen LogP contribution in [0.2, 0.25) is 0 Å². The van der Waals surface area contributed by atoms with Crippen LogP contribution in [0.25, 0.3) is 0 Å². The van der Waals surface area contributed by atoms with Gasteiger partial charge in [0.2, 0.25) is 0 Å². The zero-order valence-electron chi connectivity index (χ0n) is 20.1. The second kappa shape index (κ2) is 9.54. The molecule has 0 N–H and O–H groups in total. The molecule has 0 heterocycles. The van der Waals surface area contributed by atoms with E-state index in [-0.39, 0.29) is 5.60 Å². The molecule has 0 aliphatic heterocycles. The van der Waals surface area contributed by atoms with Crippen LogP contribution < -0.4 is 0 Å². The average Bonchev–Trinajstić information content (AvgIpc) is 2.57. The van der Waals surface area contributed by atoms with Crippen molar-refractivity contribution in [1.82, 2.24) is 4.90 Å². The fourth-order valence-corrected chi connectivity index (χ4v) is 6.80. The molecule has 4 heteroatoms.